The number of aryl methyl sites for hydroxylation is 2. The Morgan fingerprint density at radius 3 is 2.44 bits per heavy atom. The number of fused-ring (bicyclic) bond motifs is 1. The highest BCUT2D eigenvalue weighted by molar-refractivity contribution is 6.35. The quantitative estimate of drug-likeness (QED) is 0.457. The van der Waals surface area contributed by atoms with E-state index in [1.54, 1.807) is 12.1 Å². The fourth-order valence-corrected chi connectivity index (χ4v) is 5.00. The highest BCUT2D eigenvalue weighted by atomic mass is 16.5. The van der Waals surface area contributed by atoms with E-state index in [9.17, 15) is 14.4 Å². The van der Waals surface area contributed by atoms with Gasteiger partial charge in [-0.15, -0.1) is 0 Å². The van der Waals surface area contributed by atoms with Crippen LogP contribution in [0.1, 0.15) is 82.2 Å². The molecule has 0 radical (unpaired) electrons. The van der Waals surface area contributed by atoms with Gasteiger partial charge in [0.25, 0.3) is 11.8 Å². The fraction of sp³-hybridized carbons (Fsp3) is 0.444. The van der Waals surface area contributed by atoms with Gasteiger partial charge >= 0.3 is 5.97 Å². The molecule has 4 rings (SSSR count). The third-order valence-electron chi connectivity index (χ3n) is 6.95. The number of hydrogen-bond acceptors (Lipinski definition) is 4. The molecule has 168 valence electrons. The molecule has 0 aromatic heterocycles. The maximum absolute atomic E-state index is 13.2. The Balaban J connectivity index is 1.60. The lowest BCUT2D eigenvalue weighted by Crippen LogP contribution is -2.35. The van der Waals surface area contributed by atoms with Crippen LogP contribution in [0.2, 0.25) is 0 Å². The van der Waals surface area contributed by atoms with Crippen molar-refractivity contribution in [2.75, 3.05) is 4.90 Å². The number of carbonyl (C=O) groups excluding carboxylic acids is 3. The summed E-state index contributed by atoms with van der Waals surface area (Å²) < 4.78 is 5.94. The molecule has 0 unspecified atom stereocenters. The van der Waals surface area contributed by atoms with Gasteiger partial charge in [-0.1, -0.05) is 39.3 Å². The van der Waals surface area contributed by atoms with Crippen LogP contribution < -0.4 is 4.90 Å². The molecular weight excluding hydrogens is 402 g/mol. The Hall–Kier alpha value is -2.95. The van der Waals surface area contributed by atoms with Gasteiger partial charge in [-0.2, -0.15) is 0 Å². The van der Waals surface area contributed by atoms with Crippen LogP contribution in [0.3, 0.4) is 0 Å². The lowest BCUT2D eigenvalue weighted by atomic mass is 9.75. The van der Waals surface area contributed by atoms with E-state index in [0.29, 0.717) is 34.6 Å². The molecule has 2 aromatic rings. The molecule has 3 atom stereocenters. The molecule has 1 heterocycles. The zero-order valence-electron chi connectivity index (χ0n) is 19.5. The van der Waals surface area contributed by atoms with Gasteiger partial charge in [0.05, 0.1) is 22.4 Å². The predicted octanol–water partition coefficient (Wildman–Crippen LogP) is 5.72. The molecule has 2 amide bonds. The van der Waals surface area contributed by atoms with Crippen LogP contribution in [-0.4, -0.2) is 23.9 Å². The van der Waals surface area contributed by atoms with Crippen LogP contribution in [0.15, 0.2) is 36.4 Å². The van der Waals surface area contributed by atoms with Crippen molar-refractivity contribution in [3.8, 4) is 0 Å². The number of ether oxygens (including phenoxy) is 1. The molecular formula is C27H31NO4. The minimum atomic E-state index is -0.428. The first-order valence-electron chi connectivity index (χ1n) is 11.5. The molecule has 1 fully saturated rings. The van der Waals surface area contributed by atoms with Gasteiger partial charge < -0.3 is 4.74 Å². The van der Waals surface area contributed by atoms with E-state index >= 15 is 0 Å². The van der Waals surface area contributed by atoms with Crippen molar-refractivity contribution in [3.63, 3.8) is 0 Å². The van der Waals surface area contributed by atoms with Gasteiger partial charge in [-0.25, -0.2) is 9.69 Å². The standard InChI is InChI=1S/C27H31NO4/c1-15(2)20-10-7-17(4)13-24(20)32-27(31)19-9-11-21-22(14-19)26(30)28(25(21)29)23-12-16(3)6-8-18(23)5/h6,8-9,11-12,14-15,17,20,24H,7,10,13H2,1-5H3/t17-,20-,24-/m1/s1. The van der Waals surface area contributed by atoms with E-state index in [4.69, 9.17) is 4.74 Å². The Morgan fingerprint density at radius 1 is 1.00 bits per heavy atom. The minimum Gasteiger partial charge on any atom is -0.458 e. The summed E-state index contributed by atoms with van der Waals surface area (Å²) in [7, 11) is 0. The maximum atomic E-state index is 13.2. The number of hydrogen-bond donors (Lipinski definition) is 0. The number of anilines is 1. The SMILES string of the molecule is Cc1ccc(C)c(N2C(=O)c3ccc(C(=O)O[C@@H]4C[C@H](C)CC[C@@H]4C(C)C)cc3C2=O)c1. The summed E-state index contributed by atoms with van der Waals surface area (Å²) in [6.07, 6.45) is 2.94. The molecule has 5 heteroatoms. The number of nitrogens with zero attached hydrogens (tertiary/aromatic N) is 1. The monoisotopic (exact) mass is 433 g/mol. The smallest absolute Gasteiger partial charge is 0.338 e. The Bertz CT molecular complexity index is 1090. The summed E-state index contributed by atoms with van der Waals surface area (Å²) in [5.41, 5.74) is 3.27. The number of benzene rings is 2. The second-order valence-corrected chi connectivity index (χ2v) is 9.77. The van der Waals surface area contributed by atoms with Gasteiger partial charge in [0, 0.05) is 0 Å². The normalized spacial score (nSPS) is 22.9. The molecule has 1 saturated carbocycles. The second kappa shape index (κ2) is 8.53. The molecule has 0 bridgehead atoms. The summed E-state index contributed by atoms with van der Waals surface area (Å²) in [5, 5.41) is 0. The molecule has 1 aliphatic heterocycles. The average molecular weight is 434 g/mol. The zero-order chi connectivity index (χ0) is 23.2. The average Bonchev–Trinajstić information content (AvgIpc) is 2.99. The number of amides is 2. The summed E-state index contributed by atoms with van der Waals surface area (Å²) in [5.74, 6) is 0.105. The van der Waals surface area contributed by atoms with Crippen molar-refractivity contribution in [3.05, 3.63) is 64.2 Å². The summed E-state index contributed by atoms with van der Waals surface area (Å²) >= 11 is 0. The molecule has 1 aliphatic carbocycles. The van der Waals surface area contributed by atoms with Crippen LogP contribution in [-0.2, 0) is 4.74 Å². The maximum Gasteiger partial charge on any atom is 0.338 e. The van der Waals surface area contributed by atoms with E-state index in [1.165, 1.54) is 11.0 Å². The van der Waals surface area contributed by atoms with E-state index in [2.05, 4.69) is 20.8 Å². The third-order valence-corrected chi connectivity index (χ3v) is 6.95. The van der Waals surface area contributed by atoms with Crippen LogP contribution in [0, 0.1) is 31.6 Å². The van der Waals surface area contributed by atoms with Gasteiger partial charge in [-0.3, -0.25) is 9.59 Å². The van der Waals surface area contributed by atoms with E-state index < -0.39 is 11.9 Å². The second-order valence-electron chi connectivity index (χ2n) is 9.77. The van der Waals surface area contributed by atoms with Crippen molar-refractivity contribution in [1.29, 1.82) is 0 Å². The number of rotatable bonds is 4. The van der Waals surface area contributed by atoms with Crippen molar-refractivity contribution in [2.45, 2.75) is 60.0 Å². The highest BCUT2D eigenvalue weighted by Gasteiger charge is 2.39. The van der Waals surface area contributed by atoms with E-state index in [1.807, 2.05) is 32.0 Å². The van der Waals surface area contributed by atoms with Crippen LogP contribution >= 0.6 is 0 Å². The van der Waals surface area contributed by atoms with Crippen LogP contribution in [0.4, 0.5) is 5.69 Å². The summed E-state index contributed by atoms with van der Waals surface area (Å²) in [4.78, 5) is 40.4. The topological polar surface area (TPSA) is 63.7 Å². The Labute approximate surface area is 189 Å². The molecule has 0 spiro atoms. The molecule has 0 N–H and O–H groups in total. The van der Waals surface area contributed by atoms with Crippen molar-refractivity contribution in [1.82, 2.24) is 0 Å². The first kappa shape index (κ1) is 22.3. The molecule has 2 aliphatic rings. The first-order valence-corrected chi connectivity index (χ1v) is 11.5. The highest BCUT2D eigenvalue weighted by Crippen LogP contribution is 2.36. The van der Waals surface area contributed by atoms with E-state index in [-0.39, 0.29) is 17.6 Å². The van der Waals surface area contributed by atoms with Crippen molar-refractivity contribution in [2.24, 2.45) is 17.8 Å². The largest absolute Gasteiger partial charge is 0.458 e. The van der Waals surface area contributed by atoms with E-state index in [0.717, 1.165) is 30.4 Å². The van der Waals surface area contributed by atoms with Gasteiger partial charge in [-0.05, 0) is 79.8 Å². The van der Waals surface area contributed by atoms with Crippen LogP contribution in [0.25, 0.3) is 0 Å². The van der Waals surface area contributed by atoms with Crippen molar-refractivity contribution >= 4 is 23.5 Å². The third kappa shape index (κ3) is 3.96. The van der Waals surface area contributed by atoms with Gasteiger partial charge in [0.2, 0.25) is 0 Å². The predicted molar refractivity (Wildman–Crippen MR) is 124 cm³/mol. The summed E-state index contributed by atoms with van der Waals surface area (Å²) in [6.45, 7) is 10.3. The van der Waals surface area contributed by atoms with Gasteiger partial charge in [0.15, 0.2) is 0 Å². The van der Waals surface area contributed by atoms with Crippen LogP contribution in [0.5, 0.6) is 0 Å². The Kier molecular flexibility index (Phi) is 5.93. The fourth-order valence-electron chi connectivity index (χ4n) is 5.00. The number of carbonyl (C=O) groups is 3. The lowest BCUT2D eigenvalue weighted by Gasteiger charge is -2.36. The zero-order valence-corrected chi connectivity index (χ0v) is 19.5. The molecule has 5 nitrogen and oxygen atoms in total. The molecule has 0 saturated heterocycles. The Morgan fingerprint density at radius 2 is 1.72 bits per heavy atom. The minimum absolute atomic E-state index is 0.122. The van der Waals surface area contributed by atoms with Gasteiger partial charge in [0.1, 0.15) is 6.10 Å². The lowest BCUT2D eigenvalue weighted by molar-refractivity contribution is -0.0174. The molecule has 32 heavy (non-hydrogen) atoms. The first-order chi connectivity index (χ1) is 15.2. The van der Waals surface area contributed by atoms with Crippen molar-refractivity contribution < 1.29 is 19.1 Å². The summed E-state index contributed by atoms with van der Waals surface area (Å²) in [6, 6.07) is 10.4. The number of imide groups is 1. The number of esters is 1. The molecule has 2 aromatic carbocycles.